The van der Waals surface area contributed by atoms with E-state index in [9.17, 15) is 10.1 Å². The molecule has 0 heterocycles. The zero-order chi connectivity index (χ0) is 22.9. The molecule has 0 aliphatic heterocycles. The third kappa shape index (κ3) is 6.58. The molecule has 0 fully saturated rings. The number of carbonyl (C=O) groups excluding carboxylic acids is 1. The van der Waals surface area contributed by atoms with E-state index >= 15 is 0 Å². The summed E-state index contributed by atoms with van der Waals surface area (Å²) in [7, 11) is 0. The molecule has 0 aromatic heterocycles. The number of hydrogen-bond acceptors (Lipinski definition) is 4. The number of halogens is 2. The highest BCUT2D eigenvalue weighted by Gasteiger charge is 2.15. The van der Waals surface area contributed by atoms with Gasteiger partial charge in [0.2, 0.25) is 0 Å². The average molecular weight is 603 g/mol. The minimum atomic E-state index is -0.479. The van der Waals surface area contributed by atoms with Gasteiger partial charge in [-0.1, -0.05) is 36.4 Å². The van der Waals surface area contributed by atoms with Crippen LogP contribution in [0.25, 0.3) is 6.08 Å². The highest BCUT2D eigenvalue weighted by Crippen LogP contribution is 2.38. The van der Waals surface area contributed by atoms with Crippen molar-refractivity contribution < 1.29 is 14.3 Å². The second-order valence-electron chi connectivity index (χ2n) is 6.67. The average Bonchev–Trinajstić information content (AvgIpc) is 2.77. The summed E-state index contributed by atoms with van der Waals surface area (Å²) in [6.45, 7) is 2.71. The van der Waals surface area contributed by atoms with Crippen LogP contribution in [-0.4, -0.2) is 12.5 Å². The van der Waals surface area contributed by atoms with E-state index in [0.717, 1.165) is 9.13 Å². The van der Waals surface area contributed by atoms with E-state index in [4.69, 9.17) is 9.47 Å². The third-order valence-electron chi connectivity index (χ3n) is 4.32. The number of nitrogens with one attached hydrogen (secondary N) is 1. The summed E-state index contributed by atoms with van der Waals surface area (Å²) in [6, 6.07) is 22.7. The lowest BCUT2D eigenvalue weighted by Crippen LogP contribution is -2.13. The summed E-state index contributed by atoms with van der Waals surface area (Å²) in [5, 5.41) is 12.3. The van der Waals surface area contributed by atoms with Gasteiger partial charge in [0.05, 0.1) is 11.1 Å². The molecule has 7 heteroatoms. The molecule has 3 aromatic carbocycles. The number of nitriles is 1. The second-order valence-corrected chi connectivity index (χ2v) is 8.77. The SMILES string of the molecule is CCOc1cc(/C=C(\C#N)C(=O)Nc2cccc(I)c2)cc(Br)c1OCc1ccccc1. The van der Waals surface area contributed by atoms with Crippen LogP contribution in [-0.2, 0) is 11.4 Å². The van der Waals surface area contributed by atoms with Crippen LogP contribution < -0.4 is 14.8 Å². The number of anilines is 1. The molecule has 0 aliphatic rings. The van der Waals surface area contributed by atoms with Gasteiger partial charge in [-0.2, -0.15) is 5.26 Å². The minimum absolute atomic E-state index is 0.0174. The van der Waals surface area contributed by atoms with Gasteiger partial charge in [0, 0.05) is 9.26 Å². The predicted octanol–water partition coefficient (Wildman–Crippen LogP) is 6.58. The number of carbonyl (C=O) groups is 1. The summed E-state index contributed by atoms with van der Waals surface area (Å²) in [5.41, 5.74) is 2.28. The Morgan fingerprint density at radius 3 is 2.59 bits per heavy atom. The summed E-state index contributed by atoms with van der Waals surface area (Å²) in [6.07, 6.45) is 1.53. The molecule has 162 valence electrons. The van der Waals surface area contributed by atoms with E-state index in [2.05, 4.69) is 43.8 Å². The molecule has 0 atom stereocenters. The van der Waals surface area contributed by atoms with Gasteiger partial charge in [-0.15, -0.1) is 0 Å². The zero-order valence-corrected chi connectivity index (χ0v) is 21.0. The molecule has 0 radical (unpaired) electrons. The van der Waals surface area contributed by atoms with Gasteiger partial charge in [0.25, 0.3) is 5.91 Å². The first kappa shape index (κ1) is 23.8. The fourth-order valence-electron chi connectivity index (χ4n) is 2.88. The van der Waals surface area contributed by atoms with Crippen molar-refractivity contribution >= 4 is 56.2 Å². The van der Waals surface area contributed by atoms with Gasteiger partial charge >= 0.3 is 0 Å². The van der Waals surface area contributed by atoms with Crippen molar-refractivity contribution in [2.45, 2.75) is 13.5 Å². The van der Waals surface area contributed by atoms with Crippen molar-refractivity contribution in [1.29, 1.82) is 5.26 Å². The number of benzene rings is 3. The fourth-order valence-corrected chi connectivity index (χ4v) is 4.00. The van der Waals surface area contributed by atoms with E-state index in [-0.39, 0.29) is 5.57 Å². The summed E-state index contributed by atoms with van der Waals surface area (Å²) < 4.78 is 13.4. The van der Waals surface area contributed by atoms with E-state index in [0.29, 0.717) is 40.4 Å². The van der Waals surface area contributed by atoms with Crippen molar-refractivity contribution in [3.63, 3.8) is 0 Å². The van der Waals surface area contributed by atoms with E-state index in [1.54, 1.807) is 18.2 Å². The van der Waals surface area contributed by atoms with Gasteiger partial charge in [-0.25, -0.2) is 0 Å². The Morgan fingerprint density at radius 2 is 1.91 bits per heavy atom. The smallest absolute Gasteiger partial charge is 0.266 e. The molecule has 32 heavy (non-hydrogen) atoms. The minimum Gasteiger partial charge on any atom is -0.490 e. The third-order valence-corrected chi connectivity index (χ3v) is 5.58. The Morgan fingerprint density at radius 1 is 1.12 bits per heavy atom. The Hall–Kier alpha value is -2.83. The van der Waals surface area contributed by atoms with Crippen molar-refractivity contribution in [1.82, 2.24) is 0 Å². The van der Waals surface area contributed by atoms with E-state index < -0.39 is 5.91 Å². The van der Waals surface area contributed by atoms with E-state index in [1.807, 2.05) is 61.5 Å². The summed E-state index contributed by atoms with van der Waals surface area (Å²) >= 11 is 5.70. The molecule has 0 unspecified atom stereocenters. The van der Waals surface area contributed by atoms with Crippen LogP contribution >= 0.6 is 38.5 Å². The second kappa shape index (κ2) is 11.7. The zero-order valence-electron chi connectivity index (χ0n) is 17.3. The molecule has 3 aromatic rings. The number of amides is 1. The molecule has 5 nitrogen and oxygen atoms in total. The topological polar surface area (TPSA) is 71.3 Å². The van der Waals surface area contributed by atoms with Crippen molar-refractivity contribution in [2.24, 2.45) is 0 Å². The maximum atomic E-state index is 12.6. The van der Waals surface area contributed by atoms with Crippen LogP contribution in [0.3, 0.4) is 0 Å². The highest BCUT2D eigenvalue weighted by atomic mass is 127. The highest BCUT2D eigenvalue weighted by molar-refractivity contribution is 14.1. The van der Waals surface area contributed by atoms with Crippen molar-refractivity contribution in [3.05, 3.63) is 91.5 Å². The molecular weight excluding hydrogens is 583 g/mol. The Bertz CT molecular complexity index is 1170. The van der Waals surface area contributed by atoms with Crippen LogP contribution in [0.4, 0.5) is 5.69 Å². The number of nitrogens with zero attached hydrogens (tertiary/aromatic N) is 1. The maximum Gasteiger partial charge on any atom is 0.266 e. The summed E-state index contributed by atoms with van der Waals surface area (Å²) in [5.74, 6) is 0.613. The largest absolute Gasteiger partial charge is 0.490 e. The molecule has 0 spiro atoms. The van der Waals surface area contributed by atoms with Gasteiger partial charge in [-0.3, -0.25) is 4.79 Å². The lowest BCUT2D eigenvalue weighted by atomic mass is 10.1. The molecule has 1 amide bonds. The lowest BCUT2D eigenvalue weighted by molar-refractivity contribution is -0.112. The summed E-state index contributed by atoms with van der Waals surface area (Å²) in [4.78, 5) is 12.6. The quantitative estimate of drug-likeness (QED) is 0.180. The molecule has 3 rings (SSSR count). The first-order valence-electron chi connectivity index (χ1n) is 9.82. The predicted molar refractivity (Wildman–Crippen MR) is 137 cm³/mol. The number of hydrogen-bond donors (Lipinski definition) is 1. The van der Waals surface area contributed by atoms with E-state index in [1.165, 1.54) is 6.08 Å². The van der Waals surface area contributed by atoms with Gasteiger partial charge in [0.15, 0.2) is 11.5 Å². The lowest BCUT2D eigenvalue weighted by Gasteiger charge is -2.15. The first-order valence-corrected chi connectivity index (χ1v) is 11.7. The molecule has 0 saturated carbocycles. The molecule has 0 aliphatic carbocycles. The molecular formula is C25H20BrIN2O3. The van der Waals surface area contributed by atoms with Gasteiger partial charge < -0.3 is 14.8 Å². The number of rotatable bonds is 8. The van der Waals surface area contributed by atoms with Gasteiger partial charge in [-0.05, 0) is 93.0 Å². The normalized spacial score (nSPS) is 10.9. The van der Waals surface area contributed by atoms with Crippen LogP contribution in [0.5, 0.6) is 11.5 Å². The van der Waals surface area contributed by atoms with Crippen LogP contribution in [0.2, 0.25) is 0 Å². The Labute approximate surface area is 209 Å². The van der Waals surface area contributed by atoms with Crippen LogP contribution in [0, 0.1) is 14.9 Å². The van der Waals surface area contributed by atoms with Crippen molar-refractivity contribution in [2.75, 3.05) is 11.9 Å². The number of ether oxygens (including phenoxy) is 2. The monoisotopic (exact) mass is 602 g/mol. The molecule has 0 bridgehead atoms. The first-order chi connectivity index (χ1) is 15.5. The Kier molecular flexibility index (Phi) is 8.71. The fraction of sp³-hybridized carbons (Fsp3) is 0.120. The van der Waals surface area contributed by atoms with Crippen molar-refractivity contribution in [3.8, 4) is 17.6 Å². The van der Waals surface area contributed by atoms with Crippen LogP contribution in [0.15, 0.2) is 76.8 Å². The van der Waals surface area contributed by atoms with Crippen LogP contribution in [0.1, 0.15) is 18.1 Å². The standard InChI is InChI=1S/C25H20BrIN2O3/c1-2-31-23-13-18(12-22(26)24(23)32-16-17-7-4-3-5-8-17)11-19(15-28)25(30)29-21-10-6-9-20(27)14-21/h3-14H,2,16H2,1H3,(H,29,30)/b19-11+. The Balaban J connectivity index is 1.84. The van der Waals surface area contributed by atoms with Gasteiger partial charge in [0.1, 0.15) is 18.2 Å². The maximum absolute atomic E-state index is 12.6. The molecule has 0 saturated heterocycles. The molecule has 1 N–H and O–H groups in total.